The first kappa shape index (κ1) is 21.8. The van der Waals surface area contributed by atoms with Crippen molar-refractivity contribution in [2.45, 2.75) is 28.7 Å². The van der Waals surface area contributed by atoms with Crippen molar-refractivity contribution in [3.05, 3.63) is 52.2 Å². The van der Waals surface area contributed by atoms with Crippen LogP contribution < -0.4 is 11.1 Å². The number of aryl methyl sites for hydroxylation is 1. The van der Waals surface area contributed by atoms with Gasteiger partial charge in [-0.1, -0.05) is 53.4 Å². The van der Waals surface area contributed by atoms with Gasteiger partial charge >= 0.3 is 5.97 Å². The summed E-state index contributed by atoms with van der Waals surface area (Å²) in [5.74, 6) is -1.24. The second kappa shape index (κ2) is 8.99. The van der Waals surface area contributed by atoms with E-state index in [9.17, 15) is 19.5 Å². The minimum absolute atomic E-state index is 0.0136. The van der Waals surface area contributed by atoms with Gasteiger partial charge in [0.25, 0.3) is 5.91 Å². The van der Waals surface area contributed by atoms with Crippen molar-refractivity contribution in [3.8, 4) is 0 Å². The third kappa shape index (κ3) is 4.33. The standard InChI is InChI=1S/C19H19N5O4S3/c1-9-22-23-19(31-9)30-8-11-7-29-17-13(16(26)24(17)14(11)18(27)28)21-15(25)12(20)10-5-3-2-4-6-10/h2-6,12-13,17H,7-8,20H2,1H3,(H,21,25)(H,27,28)/t12?,13?,17-/m0/s1. The number of carbonyl (C=O) groups excluding carboxylic acids is 2. The minimum atomic E-state index is -1.16. The molecule has 4 N–H and O–H groups in total. The van der Waals surface area contributed by atoms with Crippen LogP contribution in [0.4, 0.5) is 0 Å². The van der Waals surface area contributed by atoms with E-state index in [1.54, 1.807) is 24.3 Å². The van der Waals surface area contributed by atoms with Crippen LogP contribution in [-0.4, -0.2) is 60.9 Å². The molecule has 1 saturated heterocycles. The molecular weight excluding hydrogens is 458 g/mol. The van der Waals surface area contributed by atoms with Gasteiger partial charge in [-0.25, -0.2) is 4.79 Å². The van der Waals surface area contributed by atoms with Crippen molar-refractivity contribution < 1.29 is 19.5 Å². The van der Waals surface area contributed by atoms with Gasteiger partial charge in [0.15, 0.2) is 4.34 Å². The van der Waals surface area contributed by atoms with Gasteiger partial charge in [-0.3, -0.25) is 14.5 Å². The number of benzene rings is 1. The Bertz CT molecular complexity index is 1060. The third-order valence-corrected chi connectivity index (χ3v) is 8.26. The van der Waals surface area contributed by atoms with Crippen LogP contribution in [0.2, 0.25) is 0 Å². The molecule has 162 valence electrons. The fraction of sp³-hybridized carbons (Fsp3) is 0.316. The number of amides is 2. The van der Waals surface area contributed by atoms with Crippen LogP contribution in [0.1, 0.15) is 16.6 Å². The van der Waals surface area contributed by atoms with Crippen LogP contribution in [0, 0.1) is 6.92 Å². The number of hydrogen-bond donors (Lipinski definition) is 3. The van der Waals surface area contributed by atoms with Crippen LogP contribution in [0.15, 0.2) is 45.9 Å². The maximum absolute atomic E-state index is 12.8. The highest BCUT2D eigenvalue weighted by Crippen LogP contribution is 2.41. The Balaban J connectivity index is 1.45. The molecule has 0 aliphatic carbocycles. The van der Waals surface area contributed by atoms with Crippen LogP contribution in [0.5, 0.6) is 0 Å². The molecule has 3 heterocycles. The minimum Gasteiger partial charge on any atom is -0.477 e. The number of β-lactam (4-membered cyclic amide) rings is 1. The summed E-state index contributed by atoms with van der Waals surface area (Å²) in [6.07, 6.45) is 0. The predicted molar refractivity (Wildman–Crippen MR) is 118 cm³/mol. The van der Waals surface area contributed by atoms with E-state index in [1.807, 2.05) is 13.0 Å². The normalized spacial score (nSPS) is 21.4. The molecule has 1 aromatic heterocycles. The first-order valence-corrected chi connectivity index (χ1v) is 12.2. The molecule has 4 rings (SSSR count). The van der Waals surface area contributed by atoms with E-state index in [2.05, 4.69) is 15.5 Å². The quantitative estimate of drug-likeness (QED) is 0.399. The summed E-state index contributed by atoms with van der Waals surface area (Å²) < 4.78 is 0.747. The smallest absolute Gasteiger partial charge is 0.352 e. The number of nitrogens with two attached hydrogens (primary N) is 1. The van der Waals surface area contributed by atoms with Gasteiger partial charge in [-0.05, 0) is 18.1 Å². The van der Waals surface area contributed by atoms with Gasteiger partial charge in [0.05, 0.1) is 0 Å². The molecule has 0 bridgehead atoms. The third-order valence-electron chi connectivity index (χ3n) is 4.87. The summed E-state index contributed by atoms with van der Waals surface area (Å²) in [6, 6.07) is 7.15. The van der Waals surface area contributed by atoms with Gasteiger partial charge in [0, 0.05) is 11.5 Å². The SMILES string of the molecule is Cc1nnc(SCC2=C(C(=O)O)N3C(=O)C(NC(=O)C(N)c4ccccc4)[C@@H]3SC2)s1. The number of carboxylic acid groups (broad SMARTS) is 1. The van der Waals surface area contributed by atoms with E-state index in [1.165, 1.54) is 39.8 Å². The van der Waals surface area contributed by atoms with Crippen molar-refractivity contribution in [2.24, 2.45) is 5.73 Å². The number of hydrogen-bond acceptors (Lipinski definition) is 9. The lowest BCUT2D eigenvalue weighted by atomic mass is 10.0. The second-order valence-electron chi connectivity index (χ2n) is 6.92. The first-order chi connectivity index (χ1) is 14.9. The zero-order chi connectivity index (χ0) is 22.1. The summed E-state index contributed by atoms with van der Waals surface area (Å²) in [6.45, 7) is 1.85. The Labute approximate surface area is 190 Å². The van der Waals surface area contributed by atoms with Crippen LogP contribution in [0.3, 0.4) is 0 Å². The molecule has 2 amide bonds. The maximum atomic E-state index is 12.8. The van der Waals surface area contributed by atoms with E-state index in [-0.39, 0.29) is 5.70 Å². The molecule has 3 atom stereocenters. The fourth-order valence-corrected chi connectivity index (χ4v) is 6.64. The first-order valence-electron chi connectivity index (χ1n) is 9.30. The molecular formula is C19H19N5O4S3. The van der Waals surface area contributed by atoms with E-state index < -0.39 is 35.2 Å². The molecule has 0 saturated carbocycles. The fourth-order valence-electron chi connectivity index (χ4n) is 3.33. The Morgan fingerprint density at radius 2 is 2.10 bits per heavy atom. The summed E-state index contributed by atoms with van der Waals surface area (Å²) in [4.78, 5) is 38.5. The number of nitrogens with one attached hydrogen (secondary N) is 1. The molecule has 2 aliphatic heterocycles. The number of aromatic nitrogens is 2. The number of thioether (sulfide) groups is 2. The van der Waals surface area contributed by atoms with E-state index in [0.717, 1.165) is 9.35 Å². The van der Waals surface area contributed by atoms with Crippen molar-refractivity contribution in [1.29, 1.82) is 0 Å². The topological polar surface area (TPSA) is 139 Å². The summed E-state index contributed by atoms with van der Waals surface area (Å²) in [5, 5.41) is 20.8. The molecule has 1 aromatic carbocycles. The van der Waals surface area contributed by atoms with Crippen LogP contribution in [-0.2, 0) is 14.4 Å². The Morgan fingerprint density at radius 3 is 2.74 bits per heavy atom. The van der Waals surface area contributed by atoms with Crippen molar-refractivity contribution in [3.63, 3.8) is 0 Å². The lowest BCUT2D eigenvalue weighted by molar-refractivity contribution is -0.150. The highest BCUT2D eigenvalue weighted by atomic mass is 32.2. The zero-order valence-electron chi connectivity index (χ0n) is 16.3. The zero-order valence-corrected chi connectivity index (χ0v) is 18.8. The van der Waals surface area contributed by atoms with Gasteiger partial charge in [0.1, 0.15) is 28.2 Å². The molecule has 2 unspecified atom stereocenters. The average molecular weight is 478 g/mol. The predicted octanol–water partition coefficient (Wildman–Crippen LogP) is 1.38. The van der Waals surface area contributed by atoms with E-state index >= 15 is 0 Å². The Kier molecular flexibility index (Phi) is 6.32. The van der Waals surface area contributed by atoms with Gasteiger partial charge in [-0.2, -0.15) is 0 Å². The van der Waals surface area contributed by atoms with Gasteiger partial charge in [-0.15, -0.1) is 22.0 Å². The van der Waals surface area contributed by atoms with Crippen molar-refractivity contribution >= 4 is 52.6 Å². The summed E-state index contributed by atoms with van der Waals surface area (Å²) >= 11 is 4.26. The molecule has 2 aromatic rings. The lowest BCUT2D eigenvalue weighted by Gasteiger charge is -2.49. The van der Waals surface area contributed by atoms with E-state index in [0.29, 0.717) is 22.6 Å². The highest BCUT2D eigenvalue weighted by molar-refractivity contribution is 8.01. The number of aliphatic carboxylic acids is 1. The largest absolute Gasteiger partial charge is 0.477 e. The Hall–Kier alpha value is -2.41. The number of carboxylic acids is 1. The molecule has 31 heavy (non-hydrogen) atoms. The number of nitrogens with zero attached hydrogens (tertiary/aromatic N) is 3. The lowest BCUT2D eigenvalue weighted by Crippen LogP contribution is -2.71. The second-order valence-corrected chi connectivity index (χ2v) is 10.4. The van der Waals surface area contributed by atoms with Crippen LogP contribution in [0.25, 0.3) is 0 Å². The Morgan fingerprint density at radius 1 is 1.35 bits per heavy atom. The highest BCUT2D eigenvalue weighted by Gasteiger charge is 2.54. The molecule has 12 heteroatoms. The summed E-state index contributed by atoms with van der Waals surface area (Å²) in [7, 11) is 0. The molecule has 0 radical (unpaired) electrons. The maximum Gasteiger partial charge on any atom is 0.352 e. The van der Waals surface area contributed by atoms with Crippen LogP contribution >= 0.6 is 34.9 Å². The van der Waals surface area contributed by atoms with Crippen molar-refractivity contribution in [2.75, 3.05) is 11.5 Å². The monoisotopic (exact) mass is 477 g/mol. The molecule has 9 nitrogen and oxygen atoms in total. The average Bonchev–Trinajstić information content (AvgIpc) is 3.20. The molecule has 2 aliphatic rings. The number of carbonyl (C=O) groups is 3. The van der Waals surface area contributed by atoms with Crippen molar-refractivity contribution in [1.82, 2.24) is 20.4 Å². The number of fused-ring (bicyclic) bond motifs is 1. The number of rotatable bonds is 7. The van der Waals surface area contributed by atoms with Gasteiger partial charge < -0.3 is 16.2 Å². The summed E-state index contributed by atoms with van der Waals surface area (Å²) in [5.41, 5.74) is 7.28. The molecule has 1 fully saturated rings. The van der Waals surface area contributed by atoms with Gasteiger partial charge in [0.2, 0.25) is 5.91 Å². The molecule has 0 spiro atoms. The van der Waals surface area contributed by atoms with E-state index in [4.69, 9.17) is 5.73 Å².